The zero-order valence-corrected chi connectivity index (χ0v) is 10.4. The van der Waals surface area contributed by atoms with Crippen LogP contribution in [0.25, 0.3) is 17.0 Å². The van der Waals surface area contributed by atoms with Gasteiger partial charge in [0.2, 0.25) is 0 Å². The monoisotopic (exact) mass is 259 g/mol. The zero-order chi connectivity index (χ0) is 12.7. The summed E-state index contributed by atoms with van der Waals surface area (Å²) in [7, 11) is 0. The van der Waals surface area contributed by atoms with Gasteiger partial charge in [0.15, 0.2) is 11.5 Å². The normalized spacial score (nSPS) is 11.0. The van der Waals surface area contributed by atoms with Crippen molar-refractivity contribution in [1.82, 2.24) is 19.8 Å². The molecule has 0 saturated carbocycles. The van der Waals surface area contributed by atoms with E-state index in [0.717, 1.165) is 11.3 Å². The molecule has 0 fully saturated rings. The van der Waals surface area contributed by atoms with Crippen molar-refractivity contribution < 1.29 is 0 Å². The molecule has 0 amide bonds. The standard InChI is InChI=1S/C12H10ClN5/c1-7-2-5-11-15-16-12(18(11)17-7)9-4-3-8(14)6-10(9)13/h2-6H,14H2,1H3. The molecule has 0 aliphatic carbocycles. The number of hydrogen-bond acceptors (Lipinski definition) is 4. The van der Waals surface area contributed by atoms with Crippen molar-refractivity contribution in [2.75, 3.05) is 5.73 Å². The topological polar surface area (TPSA) is 69.1 Å². The van der Waals surface area contributed by atoms with Crippen LogP contribution in [0.2, 0.25) is 5.02 Å². The molecule has 18 heavy (non-hydrogen) atoms. The Morgan fingerprint density at radius 1 is 1.17 bits per heavy atom. The minimum atomic E-state index is 0.535. The second kappa shape index (κ2) is 3.96. The molecular formula is C12H10ClN5. The number of aryl methyl sites for hydroxylation is 1. The third-order valence-corrected chi connectivity index (χ3v) is 2.94. The summed E-state index contributed by atoms with van der Waals surface area (Å²) in [6.07, 6.45) is 0. The van der Waals surface area contributed by atoms with E-state index >= 15 is 0 Å². The molecule has 5 nitrogen and oxygen atoms in total. The van der Waals surface area contributed by atoms with Crippen LogP contribution in [0, 0.1) is 6.92 Å². The van der Waals surface area contributed by atoms with Crippen molar-refractivity contribution >= 4 is 22.9 Å². The average molecular weight is 260 g/mol. The summed E-state index contributed by atoms with van der Waals surface area (Å²) in [5.41, 5.74) is 8.62. The Hall–Kier alpha value is -2.14. The van der Waals surface area contributed by atoms with Crippen LogP contribution in [0.5, 0.6) is 0 Å². The maximum absolute atomic E-state index is 6.17. The van der Waals surface area contributed by atoms with Crippen molar-refractivity contribution in [2.24, 2.45) is 0 Å². The lowest BCUT2D eigenvalue weighted by Crippen LogP contribution is -1.97. The second-order valence-corrected chi connectivity index (χ2v) is 4.41. The summed E-state index contributed by atoms with van der Waals surface area (Å²) < 4.78 is 1.67. The van der Waals surface area contributed by atoms with Crippen LogP contribution in [0.4, 0.5) is 5.69 Å². The summed E-state index contributed by atoms with van der Waals surface area (Å²) in [4.78, 5) is 0. The van der Waals surface area contributed by atoms with Gasteiger partial charge in [-0.25, -0.2) is 0 Å². The lowest BCUT2D eigenvalue weighted by molar-refractivity contribution is 0.902. The molecule has 6 heteroatoms. The van der Waals surface area contributed by atoms with Gasteiger partial charge < -0.3 is 5.73 Å². The van der Waals surface area contributed by atoms with Crippen molar-refractivity contribution in [3.63, 3.8) is 0 Å². The van der Waals surface area contributed by atoms with E-state index in [1.807, 2.05) is 25.1 Å². The lowest BCUT2D eigenvalue weighted by Gasteiger charge is -2.03. The fourth-order valence-corrected chi connectivity index (χ4v) is 2.03. The van der Waals surface area contributed by atoms with Crippen molar-refractivity contribution in [2.45, 2.75) is 6.92 Å². The highest BCUT2D eigenvalue weighted by Crippen LogP contribution is 2.28. The molecule has 2 heterocycles. The second-order valence-electron chi connectivity index (χ2n) is 4.01. The van der Waals surface area contributed by atoms with Gasteiger partial charge in [-0.2, -0.15) is 9.61 Å². The molecule has 0 spiro atoms. The summed E-state index contributed by atoms with van der Waals surface area (Å²) in [5, 5.41) is 13.1. The molecule has 3 rings (SSSR count). The predicted molar refractivity (Wildman–Crippen MR) is 70.4 cm³/mol. The first-order valence-corrected chi connectivity index (χ1v) is 5.77. The van der Waals surface area contributed by atoms with Crippen LogP contribution in [0.15, 0.2) is 30.3 Å². The van der Waals surface area contributed by atoms with E-state index in [9.17, 15) is 0 Å². The summed E-state index contributed by atoms with van der Waals surface area (Å²) >= 11 is 6.17. The van der Waals surface area contributed by atoms with Gasteiger partial charge in [0.25, 0.3) is 0 Å². The molecule has 0 radical (unpaired) electrons. The molecular weight excluding hydrogens is 250 g/mol. The zero-order valence-electron chi connectivity index (χ0n) is 9.63. The Kier molecular flexibility index (Phi) is 2.41. The van der Waals surface area contributed by atoms with Gasteiger partial charge in [-0.3, -0.25) is 0 Å². The molecule has 2 aromatic heterocycles. The van der Waals surface area contributed by atoms with Crippen LogP contribution >= 0.6 is 11.6 Å². The fourth-order valence-electron chi connectivity index (χ4n) is 1.76. The maximum atomic E-state index is 6.17. The number of rotatable bonds is 1. The third kappa shape index (κ3) is 1.69. The van der Waals surface area contributed by atoms with Crippen molar-refractivity contribution in [3.8, 4) is 11.4 Å². The quantitative estimate of drug-likeness (QED) is 0.681. The molecule has 3 aromatic rings. The Morgan fingerprint density at radius 3 is 2.78 bits per heavy atom. The van der Waals surface area contributed by atoms with Gasteiger partial charge in [-0.15, -0.1) is 10.2 Å². The largest absolute Gasteiger partial charge is 0.399 e. The van der Waals surface area contributed by atoms with Crippen molar-refractivity contribution in [1.29, 1.82) is 0 Å². The lowest BCUT2D eigenvalue weighted by atomic mass is 10.2. The van der Waals surface area contributed by atoms with E-state index in [1.54, 1.807) is 16.6 Å². The van der Waals surface area contributed by atoms with Gasteiger partial charge >= 0.3 is 0 Å². The van der Waals surface area contributed by atoms with Crippen LogP contribution in [0.3, 0.4) is 0 Å². The van der Waals surface area contributed by atoms with Gasteiger partial charge in [0.05, 0.1) is 10.7 Å². The first-order valence-electron chi connectivity index (χ1n) is 5.39. The number of nitrogen functional groups attached to an aromatic ring is 1. The van der Waals surface area contributed by atoms with Gasteiger partial charge in [-0.05, 0) is 37.3 Å². The smallest absolute Gasteiger partial charge is 0.186 e. The summed E-state index contributed by atoms with van der Waals surface area (Å²) in [5.74, 6) is 0.610. The Balaban J connectivity index is 2.28. The number of aromatic nitrogens is 4. The number of hydrogen-bond donors (Lipinski definition) is 1. The molecule has 0 saturated heterocycles. The Morgan fingerprint density at radius 2 is 2.00 bits per heavy atom. The highest BCUT2D eigenvalue weighted by molar-refractivity contribution is 6.33. The predicted octanol–water partition coefficient (Wildman–Crippen LogP) is 2.34. The summed E-state index contributed by atoms with van der Waals surface area (Å²) in [6, 6.07) is 9.03. The summed E-state index contributed by atoms with van der Waals surface area (Å²) in [6.45, 7) is 1.91. The Labute approximate surface area is 108 Å². The fraction of sp³-hybridized carbons (Fsp3) is 0.0833. The minimum absolute atomic E-state index is 0.535. The van der Waals surface area contributed by atoms with Crippen LogP contribution in [0.1, 0.15) is 5.69 Å². The molecule has 90 valence electrons. The molecule has 0 aliphatic heterocycles. The highest BCUT2D eigenvalue weighted by atomic mass is 35.5. The van der Waals surface area contributed by atoms with E-state index in [1.165, 1.54) is 0 Å². The molecule has 2 N–H and O–H groups in total. The molecule has 0 aliphatic rings. The van der Waals surface area contributed by atoms with Gasteiger partial charge in [-0.1, -0.05) is 11.6 Å². The number of nitrogens with zero attached hydrogens (tertiary/aromatic N) is 4. The number of halogens is 1. The first-order chi connectivity index (χ1) is 8.65. The minimum Gasteiger partial charge on any atom is -0.399 e. The first kappa shape index (κ1) is 11.0. The molecule has 0 unspecified atom stereocenters. The third-order valence-electron chi connectivity index (χ3n) is 2.63. The molecule has 1 aromatic carbocycles. The van der Waals surface area contributed by atoms with E-state index < -0.39 is 0 Å². The van der Waals surface area contributed by atoms with Gasteiger partial charge in [0, 0.05) is 11.3 Å². The van der Waals surface area contributed by atoms with E-state index in [4.69, 9.17) is 17.3 Å². The van der Waals surface area contributed by atoms with Gasteiger partial charge in [0.1, 0.15) is 0 Å². The number of fused-ring (bicyclic) bond motifs is 1. The van der Waals surface area contributed by atoms with E-state index in [-0.39, 0.29) is 0 Å². The number of nitrogens with two attached hydrogens (primary N) is 1. The Bertz CT molecular complexity index is 734. The molecule has 0 atom stereocenters. The maximum Gasteiger partial charge on any atom is 0.186 e. The number of benzene rings is 1. The number of anilines is 1. The van der Waals surface area contributed by atoms with Crippen LogP contribution in [-0.4, -0.2) is 19.8 Å². The average Bonchev–Trinajstić information content (AvgIpc) is 2.72. The molecule has 0 bridgehead atoms. The highest BCUT2D eigenvalue weighted by Gasteiger charge is 2.12. The van der Waals surface area contributed by atoms with E-state index in [2.05, 4.69) is 15.3 Å². The van der Waals surface area contributed by atoms with Crippen molar-refractivity contribution in [3.05, 3.63) is 41.0 Å². The van der Waals surface area contributed by atoms with Crippen LogP contribution in [-0.2, 0) is 0 Å². The SMILES string of the molecule is Cc1ccc2nnc(-c3ccc(N)cc3Cl)n2n1. The van der Waals surface area contributed by atoms with E-state index in [0.29, 0.717) is 22.2 Å². The van der Waals surface area contributed by atoms with Crippen LogP contribution < -0.4 is 5.73 Å².